The second-order valence-corrected chi connectivity index (χ2v) is 3.75. The van der Waals surface area contributed by atoms with E-state index in [4.69, 9.17) is 0 Å². The van der Waals surface area contributed by atoms with E-state index in [1.165, 1.54) is 6.33 Å². The van der Waals surface area contributed by atoms with Crippen molar-refractivity contribution in [1.82, 2.24) is 15.2 Å². The van der Waals surface area contributed by atoms with Crippen LogP contribution in [-0.4, -0.2) is 27.0 Å². The van der Waals surface area contributed by atoms with Gasteiger partial charge < -0.3 is 5.32 Å². The van der Waals surface area contributed by atoms with Gasteiger partial charge in [0.2, 0.25) is 5.95 Å². The van der Waals surface area contributed by atoms with Gasteiger partial charge in [-0.05, 0) is 18.1 Å². The lowest BCUT2D eigenvalue weighted by Crippen LogP contribution is -2.29. The molecule has 3 N–H and O–H groups in total. The van der Waals surface area contributed by atoms with Crippen LogP contribution in [0.25, 0.3) is 0 Å². The Hall–Kier alpha value is -2.70. The first-order chi connectivity index (χ1) is 9.20. The number of H-pyrrole nitrogens is 1. The van der Waals surface area contributed by atoms with Crippen molar-refractivity contribution in [2.45, 2.75) is 13.3 Å². The molecule has 0 bridgehead atoms. The molecule has 19 heavy (non-hydrogen) atoms. The third kappa shape index (κ3) is 3.15. The molecule has 0 aliphatic heterocycles. The Labute approximate surface area is 109 Å². The largest absolute Gasteiger partial charge is 0.318 e. The molecule has 1 aromatic carbocycles. The summed E-state index contributed by atoms with van der Waals surface area (Å²) in [6.07, 6.45) is 2.00. The van der Waals surface area contributed by atoms with Gasteiger partial charge in [0.1, 0.15) is 6.33 Å². The van der Waals surface area contributed by atoms with Crippen LogP contribution in [0.2, 0.25) is 0 Å². The molecule has 0 spiro atoms. The van der Waals surface area contributed by atoms with Crippen molar-refractivity contribution in [1.29, 1.82) is 0 Å². The molecule has 0 radical (unpaired) electrons. The van der Waals surface area contributed by atoms with Gasteiger partial charge in [-0.2, -0.15) is 10.1 Å². The minimum Gasteiger partial charge on any atom is -0.318 e. The van der Waals surface area contributed by atoms with Crippen LogP contribution in [0, 0.1) is 0 Å². The summed E-state index contributed by atoms with van der Waals surface area (Å²) in [7, 11) is 0. The average molecular weight is 259 g/mol. The van der Waals surface area contributed by atoms with Crippen LogP contribution in [0.4, 0.5) is 11.6 Å². The van der Waals surface area contributed by atoms with E-state index in [0.29, 0.717) is 5.69 Å². The van der Waals surface area contributed by atoms with Crippen molar-refractivity contribution in [2.75, 3.05) is 10.6 Å². The Kier molecular flexibility index (Phi) is 3.87. The summed E-state index contributed by atoms with van der Waals surface area (Å²) in [6.45, 7) is 1.97. The molecular formula is C12H13N5O2. The highest BCUT2D eigenvalue weighted by Gasteiger charge is 2.16. The summed E-state index contributed by atoms with van der Waals surface area (Å²) in [4.78, 5) is 27.0. The van der Waals surface area contributed by atoms with Crippen LogP contribution in [0.5, 0.6) is 0 Å². The number of para-hydroxylation sites is 1. The number of aryl methyl sites for hydroxylation is 1. The fraction of sp³-hybridized carbons (Fsp3) is 0.167. The van der Waals surface area contributed by atoms with E-state index in [-0.39, 0.29) is 5.95 Å². The lowest BCUT2D eigenvalue weighted by atomic mass is 10.1. The molecule has 7 heteroatoms. The van der Waals surface area contributed by atoms with Gasteiger partial charge in [0, 0.05) is 5.69 Å². The van der Waals surface area contributed by atoms with Crippen LogP contribution in [-0.2, 0) is 16.0 Å². The highest BCUT2D eigenvalue weighted by atomic mass is 16.2. The van der Waals surface area contributed by atoms with Gasteiger partial charge >= 0.3 is 11.8 Å². The van der Waals surface area contributed by atoms with Gasteiger partial charge in [-0.25, -0.2) is 5.10 Å². The molecule has 98 valence electrons. The first-order valence-corrected chi connectivity index (χ1v) is 5.76. The zero-order valence-electron chi connectivity index (χ0n) is 10.3. The molecular weight excluding hydrogens is 246 g/mol. The first-order valence-electron chi connectivity index (χ1n) is 5.76. The van der Waals surface area contributed by atoms with Gasteiger partial charge in [0.05, 0.1) is 0 Å². The SMILES string of the molecule is CCc1ccccc1NC(=O)C(=O)Nc1ncn[nH]1. The quantitative estimate of drug-likeness (QED) is 0.714. The summed E-state index contributed by atoms with van der Waals surface area (Å²) < 4.78 is 0. The number of nitrogens with one attached hydrogen (secondary N) is 3. The summed E-state index contributed by atoms with van der Waals surface area (Å²) >= 11 is 0. The number of anilines is 2. The molecule has 0 aliphatic carbocycles. The first kappa shape index (κ1) is 12.7. The molecule has 0 fully saturated rings. The van der Waals surface area contributed by atoms with Crippen LogP contribution >= 0.6 is 0 Å². The van der Waals surface area contributed by atoms with Crippen LogP contribution in [0.1, 0.15) is 12.5 Å². The standard InChI is InChI=1S/C12H13N5O2/c1-2-8-5-3-4-6-9(8)15-10(18)11(19)16-12-13-7-14-17-12/h3-7H,2H2,1H3,(H,15,18)(H2,13,14,16,17,19). The van der Waals surface area contributed by atoms with Gasteiger partial charge in [0.15, 0.2) is 0 Å². The molecule has 0 unspecified atom stereocenters. The van der Waals surface area contributed by atoms with Gasteiger partial charge in [-0.1, -0.05) is 25.1 Å². The van der Waals surface area contributed by atoms with Gasteiger partial charge in [-0.15, -0.1) is 0 Å². The number of hydrogen-bond acceptors (Lipinski definition) is 4. The highest BCUT2D eigenvalue weighted by molar-refractivity contribution is 6.43. The number of carbonyl (C=O) groups excluding carboxylic acids is 2. The number of aromatic nitrogens is 3. The van der Waals surface area contributed by atoms with Crippen molar-refractivity contribution < 1.29 is 9.59 Å². The Morgan fingerprint density at radius 3 is 2.63 bits per heavy atom. The topological polar surface area (TPSA) is 99.8 Å². The molecule has 0 aliphatic rings. The Bertz CT molecular complexity index is 580. The third-order valence-corrected chi connectivity index (χ3v) is 2.50. The molecule has 0 saturated carbocycles. The van der Waals surface area contributed by atoms with E-state index < -0.39 is 11.8 Å². The Morgan fingerprint density at radius 2 is 1.95 bits per heavy atom. The van der Waals surface area contributed by atoms with E-state index in [1.807, 2.05) is 19.1 Å². The summed E-state index contributed by atoms with van der Waals surface area (Å²) in [5, 5.41) is 10.9. The van der Waals surface area contributed by atoms with E-state index in [0.717, 1.165) is 12.0 Å². The summed E-state index contributed by atoms with van der Waals surface area (Å²) in [6, 6.07) is 7.31. The highest BCUT2D eigenvalue weighted by Crippen LogP contribution is 2.15. The van der Waals surface area contributed by atoms with Crippen molar-refractivity contribution >= 4 is 23.5 Å². The lowest BCUT2D eigenvalue weighted by Gasteiger charge is -2.08. The maximum atomic E-state index is 11.7. The number of rotatable bonds is 3. The summed E-state index contributed by atoms with van der Waals surface area (Å²) in [5.41, 5.74) is 1.59. The second kappa shape index (κ2) is 5.76. The molecule has 2 aromatic rings. The van der Waals surface area contributed by atoms with Crippen LogP contribution < -0.4 is 10.6 Å². The van der Waals surface area contributed by atoms with Crippen LogP contribution in [0.15, 0.2) is 30.6 Å². The maximum Gasteiger partial charge on any atom is 0.316 e. The average Bonchev–Trinajstić information content (AvgIpc) is 2.92. The fourth-order valence-electron chi connectivity index (χ4n) is 1.56. The van der Waals surface area contributed by atoms with Gasteiger partial charge in [0.25, 0.3) is 0 Å². The molecule has 7 nitrogen and oxygen atoms in total. The summed E-state index contributed by atoms with van der Waals surface area (Å²) in [5.74, 6) is -1.43. The van der Waals surface area contributed by atoms with Crippen molar-refractivity contribution in [3.05, 3.63) is 36.2 Å². The molecule has 1 heterocycles. The zero-order valence-corrected chi connectivity index (χ0v) is 10.3. The molecule has 0 saturated heterocycles. The lowest BCUT2D eigenvalue weighted by molar-refractivity contribution is -0.133. The normalized spacial score (nSPS) is 9.95. The number of hydrogen-bond donors (Lipinski definition) is 3. The number of amides is 2. The predicted octanol–water partition coefficient (Wildman–Crippen LogP) is 0.944. The third-order valence-electron chi connectivity index (χ3n) is 2.50. The maximum absolute atomic E-state index is 11.7. The Balaban J connectivity index is 2.02. The number of aromatic amines is 1. The predicted molar refractivity (Wildman–Crippen MR) is 69.5 cm³/mol. The second-order valence-electron chi connectivity index (χ2n) is 3.75. The number of carbonyl (C=O) groups is 2. The van der Waals surface area contributed by atoms with E-state index >= 15 is 0 Å². The van der Waals surface area contributed by atoms with E-state index in [9.17, 15) is 9.59 Å². The number of nitrogens with zero attached hydrogens (tertiary/aromatic N) is 2. The smallest absolute Gasteiger partial charge is 0.316 e. The minimum atomic E-state index is -0.803. The molecule has 1 aromatic heterocycles. The fourth-order valence-corrected chi connectivity index (χ4v) is 1.56. The van der Waals surface area contributed by atoms with Crippen molar-refractivity contribution in [3.63, 3.8) is 0 Å². The molecule has 0 atom stereocenters. The Morgan fingerprint density at radius 1 is 1.21 bits per heavy atom. The van der Waals surface area contributed by atoms with Crippen LogP contribution in [0.3, 0.4) is 0 Å². The zero-order chi connectivity index (χ0) is 13.7. The van der Waals surface area contributed by atoms with Crippen molar-refractivity contribution in [3.8, 4) is 0 Å². The van der Waals surface area contributed by atoms with E-state index in [1.54, 1.807) is 12.1 Å². The molecule has 2 amide bonds. The monoisotopic (exact) mass is 259 g/mol. The van der Waals surface area contributed by atoms with Crippen molar-refractivity contribution in [2.24, 2.45) is 0 Å². The minimum absolute atomic E-state index is 0.129. The number of benzene rings is 1. The van der Waals surface area contributed by atoms with E-state index in [2.05, 4.69) is 25.8 Å². The molecule has 2 rings (SSSR count). The van der Waals surface area contributed by atoms with Gasteiger partial charge in [-0.3, -0.25) is 14.9 Å².